The van der Waals surface area contributed by atoms with Crippen LogP contribution in [0.3, 0.4) is 0 Å². The third-order valence-electron chi connectivity index (χ3n) is 2.73. The van der Waals surface area contributed by atoms with Crippen LogP contribution < -0.4 is 10.5 Å². The second kappa shape index (κ2) is 6.44. The van der Waals surface area contributed by atoms with Gasteiger partial charge in [0, 0.05) is 5.69 Å². The Morgan fingerprint density at radius 1 is 1.24 bits per heavy atom. The molecule has 0 radical (unpaired) electrons. The van der Waals surface area contributed by atoms with E-state index in [0.717, 1.165) is 0 Å². The molecule has 0 fully saturated rings. The smallest absolute Gasteiger partial charge is 0.342 e. The average molecular weight is 282 g/mol. The fourth-order valence-corrected chi connectivity index (χ4v) is 1.77. The first kappa shape index (κ1) is 14.4. The minimum Gasteiger partial charge on any atom is -0.462 e. The summed E-state index contributed by atoms with van der Waals surface area (Å²) in [5.74, 6) is 0.148. The molecule has 2 aromatic rings. The number of carbonyl (C=O) groups is 1. The first-order chi connectivity index (χ1) is 10.2. The molecule has 0 saturated carbocycles. The molecule has 21 heavy (non-hydrogen) atoms. The molecule has 0 bridgehead atoms. The van der Waals surface area contributed by atoms with Crippen LogP contribution in [0.25, 0.3) is 0 Å². The lowest BCUT2D eigenvalue weighted by atomic mass is 10.1. The van der Waals surface area contributed by atoms with E-state index in [0.29, 0.717) is 22.7 Å². The number of nitrogens with two attached hydrogens (primary N) is 1. The Morgan fingerprint density at radius 2 is 2.00 bits per heavy atom. The molecule has 5 nitrogen and oxygen atoms in total. The van der Waals surface area contributed by atoms with E-state index >= 15 is 0 Å². The Morgan fingerprint density at radius 3 is 2.71 bits per heavy atom. The van der Waals surface area contributed by atoms with Crippen molar-refractivity contribution in [2.75, 3.05) is 12.3 Å². The van der Waals surface area contributed by atoms with E-state index < -0.39 is 5.97 Å². The normalized spacial score (nSPS) is 9.71. The van der Waals surface area contributed by atoms with Crippen LogP contribution in [0.15, 0.2) is 42.5 Å². The number of rotatable bonds is 4. The summed E-state index contributed by atoms with van der Waals surface area (Å²) >= 11 is 0. The minimum atomic E-state index is -0.519. The molecule has 0 aromatic heterocycles. The molecule has 0 heterocycles. The molecule has 0 amide bonds. The summed E-state index contributed by atoms with van der Waals surface area (Å²) in [6, 6.07) is 13.5. The first-order valence-corrected chi connectivity index (χ1v) is 6.39. The van der Waals surface area contributed by atoms with Gasteiger partial charge in [-0.25, -0.2) is 4.79 Å². The first-order valence-electron chi connectivity index (χ1n) is 6.39. The van der Waals surface area contributed by atoms with Crippen LogP contribution >= 0.6 is 0 Å². The van der Waals surface area contributed by atoms with Gasteiger partial charge in [-0.2, -0.15) is 5.26 Å². The van der Waals surface area contributed by atoms with Crippen LogP contribution in [0.2, 0.25) is 0 Å². The number of benzene rings is 2. The Kier molecular flexibility index (Phi) is 4.42. The zero-order chi connectivity index (χ0) is 15.2. The summed E-state index contributed by atoms with van der Waals surface area (Å²) in [5, 5.41) is 9.06. The third kappa shape index (κ3) is 3.31. The lowest BCUT2D eigenvalue weighted by Crippen LogP contribution is -2.07. The quantitative estimate of drug-likeness (QED) is 0.688. The van der Waals surface area contributed by atoms with Crippen molar-refractivity contribution in [2.24, 2.45) is 0 Å². The molecule has 0 aliphatic carbocycles. The van der Waals surface area contributed by atoms with E-state index in [1.54, 1.807) is 43.3 Å². The highest BCUT2D eigenvalue weighted by atomic mass is 16.5. The van der Waals surface area contributed by atoms with Gasteiger partial charge in [-0.1, -0.05) is 12.1 Å². The van der Waals surface area contributed by atoms with Gasteiger partial charge in [0.05, 0.1) is 12.2 Å². The van der Waals surface area contributed by atoms with Gasteiger partial charge in [-0.3, -0.25) is 0 Å². The topological polar surface area (TPSA) is 85.3 Å². The monoisotopic (exact) mass is 282 g/mol. The van der Waals surface area contributed by atoms with Gasteiger partial charge in [0.25, 0.3) is 0 Å². The van der Waals surface area contributed by atoms with Crippen molar-refractivity contribution >= 4 is 11.7 Å². The highest BCUT2D eigenvalue weighted by Crippen LogP contribution is 2.29. The third-order valence-corrected chi connectivity index (χ3v) is 2.73. The molecule has 106 valence electrons. The van der Waals surface area contributed by atoms with Crippen LogP contribution in [0.4, 0.5) is 5.69 Å². The number of carbonyl (C=O) groups excluding carboxylic acids is 1. The zero-order valence-electron chi connectivity index (χ0n) is 11.5. The SMILES string of the molecule is CCOC(=O)c1cc(N)ccc1Oc1ccccc1C#N. The summed E-state index contributed by atoms with van der Waals surface area (Å²) < 4.78 is 10.7. The Hall–Kier alpha value is -3.00. The van der Waals surface area contributed by atoms with Gasteiger partial charge in [0.1, 0.15) is 23.1 Å². The fraction of sp³-hybridized carbons (Fsp3) is 0.125. The Balaban J connectivity index is 2.40. The van der Waals surface area contributed by atoms with Crippen LogP contribution in [-0.2, 0) is 4.74 Å². The lowest BCUT2D eigenvalue weighted by Gasteiger charge is -2.12. The number of nitrogens with zero attached hydrogens (tertiary/aromatic N) is 1. The zero-order valence-corrected chi connectivity index (χ0v) is 11.5. The van der Waals surface area contributed by atoms with Crippen LogP contribution in [0, 0.1) is 11.3 Å². The van der Waals surface area contributed by atoms with E-state index in [9.17, 15) is 4.79 Å². The second-order valence-electron chi connectivity index (χ2n) is 4.19. The summed E-state index contributed by atoms with van der Waals surface area (Å²) in [6.07, 6.45) is 0. The van der Waals surface area contributed by atoms with E-state index in [4.69, 9.17) is 20.5 Å². The van der Waals surface area contributed by atoms with Crippen molar-refractivity contribution in [1.29, 1.82) is 5.26 Å². The van der Waals surface area contributed by atoms with Crippen molar-refractivity contribution in [1.82, 2.24) is 0 Å². The maximum absolute atomic E-state index is 11.9. The molecule has 0 aliphatic rings. The predicted octanol–water partition coefficient (Wildman–Crippen LogP) is 3.11. The van der Waals surface area contributed by atoms with Gasteiger partial charge in [-0.05, 0) is 37.3 Å². The highest BCUT2D eigenvalue weighted by Gasteiger charge is 2.16. The Bertz CT molecular complexity index is 705. The number of hydrogen-bond donors (Lipinski definition) is 1. The number of para-hydroxylation sites is 1. The van der Waals surface area contributed by atoms with Crippen LogP contribution in [0.5, 0.6) is 11.5 Å². The molecule has 2 aromatic carbocycles. The molecule has 0 atom stereocenters. The summed E-state index contributed by atoms with van der Waals surface area (Å²) in [4.78, 5) is 11.9. The van der Waals surface area contributed by atoms with Crippen LogP contribution in [0.1, 0.15) is 22.8 Å². The summed E-state index contributed by atoms with van der Waals surface area (Å²) in [7, 11) is 0. The Labute approximate surface area is 122 Å². The number of hydrogen-bond acceptors (Lipinski definition) is 5. The van der Waals surface area contributed by atoms with Crippen molar-refractivity contribution in [3.63, 3.8) is 0 Å². The second-order valence-corrected chi connectivity index (χ2v) is 4.19. The van der Waals surface area contributed by atoms with Crippen LogP contribution in [-0.4, -0.2) is 12.6 Å². The number of ether oxygens (including phenoxy) is 2. The molecule has 0 aliphatic heterocycles. The van der Waals surface area contributed by atoms with Crippen molar-refractivity contribution in [2.45, 2.75) is 6.92 Å². The molecule has 5 heteroatoms. The molecule has 0 saturated heterocycles. The van der Waals surface area contributed by atoms with E-state index in [1.165, 1.54) is 6.07 Å². The summed E-state index contributed by atoms with van der Waals surface area (Å²) in [5.41, 5.74) is 6.73. The van der Waals surface area contributed by atoms with Crippen molar-refractivity contribution < 1.29 is 14.3 Å². The molecule has 2 N–H and O–H groups in total. The average Bonchev–Trinajstić information content (AvgIpc) is 2.49. The molecular formula is C16H14N2O3. The van der Waals surface area contributed by atoms with E-state index in [-0.39, 0.29) is 12.2 Å². The van der Waals surface area contributed by atoms with Gasteiger partial charge in [0.15, 0.2) is 0 Å². The van der Waals surface area contributed by atoms with Crippen molar-refractivity contribution in [3.8, 4) is 17.6 Å². The standard InChI is InChI=1S/C16H14N2O3/c1-2-20-16(19)13-9-12(18)7-8-15(13)21-14-6-4-3-5-11(14)10-17/h3-9H,2,18H2,1H3. The maximum Gasteiger partial charge on any atom is 0.342 e. The van der Waals surface area contributed by atoms with E-state index in [1.807, 2.05) is 6.07 Å². The van der Waals surface area contributed by atoms with Gasteiger partial charge >= 0.3 is 5.97 Å². The van der Waals surface area contributed by atoms with Crippen molar-refractivity contribution in [3.05, 3.63) is 53.6 Å². The minimum absolute atomic E-state index is 0.226. The molecule has 0 unspecified atom stereocenters. The maximum atomic E-state index is 11.9. The van der Waals surface area contributed by atoms with Gasteiger partial charge in [-0.15, -0.1) is 0 Å². The lowest BCUT2D eigenvalue weighted by molar-refractivity contribution is 0.0523. The number of nitriles is 1. The highest BCUT2D eigenvalue weighted by molar-refractivity contribution is 5.93. The molecular weight excluding hydrogens is 268 g/mol. The van der Waals surface area contributed by atoms with Gasteiger partial charge in [0.2, 0.25) is 0 Å². The number of nitrogen functional groups attached to an aromatic ring is 1. The predicted molar refractivity (Wildman–Crippen MR) is 78.0 cm³/mol. The largest absolute Gasteiger partial charge is 0.462 e. The number of anilines is 1. The van der Waals surface area contributed by atoms with E-state index in [2.05, 4.69) is 0 Å². The number of esters is 1. The molecule has 0 spiro atoms. The van der Waals surface area contributed by atoms with Gasteiger partial charge < -0.3 is 15.2 Å². The fourth-order valence-electron chi connectivity index (χ4n) is 1.77. The molecule has 2 rings (SSSR count). The summed E-state index contributed by atoms with van der Waals surface area (Å²) in [6.45, 7) is 1.97.